The Labute approximate surface area is 126 Å². The zero-order valence-corrected chi connectivity index (χ0v) is 12.9. The predicted octanol–water partition coefficient (Wildman–Crippen LogP) is 4.78. The van der Waals surface area contributed by atoms with Gasteiger partial charge < -0.3 is 9.47 Å². The maximum Gasteiger partial charge on any atom is 0.125 e. The quantitative estimate of drug-likeness (QED) is 0.729. The maximum atomic E-state index is 5.80. The summed E-state index contributed by atoms with van der Waals surface area (Å²) < 4.78 is 12.1. The summed E-state index contributed by atoms with van der Waals surface area (Å²) in [6, 6.07) is 13.6. The highest BCUT2D eigenvalue weighted by Gasteiger charge is 2.05. The van der Waals surface area contributed by atoms with Crippen molar-refractivity contribution in [3.8, 4) is 11.5 Å². The van der Waals surface area contributed by atoms with Gasteiger partial charge in [0.2, 0.25) is 0 Å². The molecule has 0 N–H and O–H groups in total. The molecular weight excluding hydrogens is 328 g/mol. The van der Waals surface area contributed by atoms with E-state index in [0.717, 1.165) is 27.1 Å². The van der Waals surface area contributed by atoms with Gasteiger partial charge in [-0.2, -0.15) is 0 Å². The van der Waals surface area contributed by atoms with Gasteiger partial charge in [-0.3, -0.25) is 0 Å². The fourth-order valence-corrected chi connectivity index (χ4v) is 2.31. The van der Waals surface area contributed by atoms with Crippen molar-refractivity contribution in [2.75, 3.05) is 7.11 Å². The van der Waals surface area contributed by atoms with Crippen molar-refractivity contribution >= 4 is 27.5 Å². The summed E-state index contributed by atoms with van der Waals surface area (Å²) >= 11 is 9.25. The third kappa shape index (κ3) is 3.88. The Morgan fingerprint density at radius 1 is 1.16 bits per heavy atom. The minimum absolute atomic E-state index is 0.453. The van der Waals surface area contributed by atoms with Crippen LogP contribution >= 0.6 is 27.5 Å². The van der Waals surface area contributed by atoms with Crippen LogP contribution in [-0.2, 0) is 12.5 Å². The average Bonchev–Trinajstić information content (AvgIpc) is 2.45. The van der Waals surface area contributed by atoms with E-state index in [0.29, 0.717) is 12.5 Å². The fraction of sp³-hybridized carbons (Fsp3) is 0.200. The molecule has 2 rings (SSSR count). The second-order valence-electron chi connectivity index (χ2n) is 4.03. The van der Waals surface area contributed by atoms with Crippen LogP contribution in [0.3, 0.4) is 0 Å². The first-order valence-electron chi connectivity index (χ1n) is 5.83. The summed E-state index contributed by atoms with van der Waals surface area (Å²) in [6.07, 6.45) is 0. The zero-order chi connectivity index (χ0) is 13.7. The van der Waals surface area contributed by atoms with Gasteiger partial charge in [0.1, 0.15) is 18.1 Å². The number of methoxy groups -OCH3 is 1. The number of alkyl halides is 1. The predicted molar refractivity (Wildman–Crippen MR) is 81.0 cm³/mol. The number of rotatable bonds is 5. The number of benzene rings is 2. The Morgan fingerprint density at radius 2 is 2.00 bits per heavy atom. The van der Waals surface area contributed by atoms with E-state index in [1.165, 1.54) is 0 Å². The van der Waals surface area contributed by atoms with E-state index in [2.05, 4.69) is 15.9 Å². The van der Waals surface area contributed by atoms with E-state index in [1.54, 1.807) is 7.11 Å². The van der Waals surface area contributed by atoms with Crippen LogP contribution in [0.1, 0.15) is 11.1 Å². The molecule has 0 saturated carbocycles. The number of ether oxygens (including phenoxy) is 2. The van der Waals surface area contributed by atoms with Gasteiger partial charge in [-0.25, -0.2) is 0 Å². The molecule has 4 heteroatoms. The molecule has 0 aromatic heterocycles. The van der Waals surface area contributed by atoms with Gasteiger partial charge in [0.25, 0.3) is 0 Å². The standard InChI is InChI=1S/C15H14BrClO2/c1-18-15-6-5-13(16)8-12(15)10-19-14-4-2-3-11(7-14)9-17/h2-8H,9-10H2,1H3. The van der Waals surface area contributed by atoms with E-state index in [1.807, 2.05) is 42.5 Å². The van der Waals surface area contributed by atoms with Gasteiger partial charge in [0.15, 0.2) is 0 Å². The van der Waals surface area contributed by atoms with Gasteiger partial charge in [0.05, 0.1) is 7.11 Å². The van der Waals surface area contributed by atoms with Gasteiger partial charge in [-0.1, -0.05) is 28.1 Å². The van der Waals surface area contributed by atoms with Crippen molar-refractivity contribution in [1.82, 2.24) is 0 Å². The molecule has 2 aromatic carbocycles. The number of halogens is 2. The SMILES string of the molecule is COc1ccc(Br)cc1COc1cccc(CCl)c1. The zero-order valence-electron chi connectivity index (χ0n) is 10.5. The lowest BCUT2D eigenvalue weighted by atomic mass is 10.2. The molecule has 0 atom stereocenters. The van der Waals surface area contributed by atoms with Crippen molar-refractivity contribution in [1.29, 1.82) is 0 Å². The molecule has 0 radical (unpaired) electrons. The Kier molecular flexibility index (Phi) is 5.11. The Bertz CT molecular complexity index is 558. The fourth-order valence-electron chi connectivity index (χ4n) is 1.74. The van der Waals surface area contributed by atoms with Crippen LogP contribution < -0.4 is 9.47 Å². The Hall–Kier alpha value is -1.19. The molecule has 0 bridgehead atoms. The molecule has 0 spiro atoms. The van der Waals surface area contributed by atoms with Crippen LogP contribution in [0.25, 0.3) is 0 Å². The molecule has 2 nitrogen and oxygen atoms in total. The molecule has 0 aliphatic carbocycles. The maximum absolute atomic E-state index is 5.80. The van der Waals surface area contributed by atoms with E-state index < -0.39 is 0 Å². The number of hydrogen-bond donors (Lipinski definition) is 0. The van der Waals surface area contributed by atoms with Gasteiger partial charge in [-0.05, 0) is 35.9 Å². The molecule has 100 valence electrons. The third-order valence-electron chi connectivity index (χ3n) is 2.69. The van der Waals surface area contributed by atoms with Gasteiger partial charge >= 0.3 is 0 Å². The summed E-state index contributed by atoms with van der Waals surface area (Å²) in [7, 11) is 1.65. The van der Waals surface area contributed by atoms with Gasteiger partial charge in [-0.15, -0.1) is 11.6 Å². The third-order valence-corrected chi connectivity index (χ3v) is 3.49. The van der Waals surface area contributed by atoms with Crippen LogP contribution in [-0.4, -0.2) is 7.11 Å². The highest BCUT2D eigenvalue weighted by molar-refractivity contribution is 9.10. The van der Waals surface area contributed by atoms with Crippen LogP contribution in [0.2, 0.25) is 0 Å². The molecule has 0 aliphatic rings. The van der Waals surface area contributed by atoms with E-state index >= 15 is 0 Å². The highest BCUT2D eigenvalue weighted by Crippen LogP contribution is 2.25. The topological polar surface area (TPSA) is 18.5 Å². The van der Waals surface area contributed by atoms with Crippen LogP contribution in [0.4, 0.5) is 0 Å². The second-order valence-corrected chi connectivity index (χ2v) is 5.21. The Balaban J connectivity index is 2.11. The molecule has 2 aromatic rings. The van der Waals surface area contributed by atoms with Crippen molar-refractivity contribution < 1.29 is 9.47 Å². The summed E-state index contributed by atoms with van der Waals surface area (Å²) in [6.45, 7) is 0.453. The average molecular weight is 342 g/mol. The van der Waals surface area contributed by atoms with E-state index in [-0.39, 0.29) is 0 Å². The van der Waals surface area contributed by atoms with Crippen LogP contribution in [0.5, 0.6) is 11.5 Å². The summed E-state index contributed by atoms with van der Waals surface area (Å²) in [5.41, 5.74) is 2.04. The van der Waals surface area contributed by atoms with Crippen molar-refractivity contribution in [2.45, 2.75) is 12.5 Å². The number of hydrogen-bond acceptors (Lipinski definition) is 2. The minimum atomic E-state index is 0.453. The highest BCUT2D eigenvalue weighted by atomic mass is 79.9. The van der Waals surface area contributed by atoms with E-state index in [4.69, 9.17) is 21.1 Å². The molecule has 0 unspecified atom stereocenters. The molecular formula is C15H14BrClO2. The monoisotopic (exact) mass is 340 g/mol. The molecule has 0 aliphatic heterocycles. The van der Waals surface area contributed by atoms with Crippen molar-refractivity contribution in [3.05, 3.63) is 58.1 Å². The van der Waals surface area contributed by atoms with E-state index in [9.17, 15) is 0 Å². The Morgan fingerprint density at radius 3 is 2.74 bits per heavy atom. The molecule has 0 amide bonds. The van der Waals surface area contributed by atoms with Crippen LogP contribution in [0.15, 0.2) is 46.9 Å². The lowest BCUT2D eigenvalue weighted by Gasteiger charge is -2.11. The van der Waals surface area contributed by atoms with Gasteiger partial charge in [0, 0.05) is 15.9 Å². The first-order valence-corrected chi connectivity index (χ1v) is 7.16. The summed E-state index contributed by atoms with van der Waals surface area (Å²) in [5.74, 6) is 2.11. The first-order chi connectivity index (χ1) is 9.22. The minimum Gasteiger partial charge on any atom is -0.496 e. The molecule has 0 saturated heterocycles. The second kappa shape index (κ2) is 6.83. The smallest absolute Gasteiger partial charge is 0.125 e. The lowest BCUT2D eigenvalue weighted by Crippen LogP contribution is -1.99. The normalized spacial score (nSPS) is 10.3. The van der Waals surface area contributed by atoms with Crippen molar-refractivity contribution in [2.24, 2.45) is 0 Å². The molecule has 0 fully saturated rings. The molecule has 19 heavy (non-hydrogen) atoms. The summed E-state index contributed by atoms with van der Waals surface area (Å²) in [4.78, 5) is 0. The van der Waals surface area contributed by atoms with Crippen molar-refractivity contribution in [3.63, 3.8) is 0 Å². The lowest BCUT2D eigenvalue weighted by molar-refractivity contribution is 0.296. The van der Waals surface area contributed by atoms with Crippen LogP contribution in [0, 0.1) is 0 Å². The summed E-state index contributed by atoms with van der Waals surface area (Å²) in [5, 5.41) is 0. The first kappa shape index (κ1) is 14.2. The molecule has 0 heterocycles. The largest absolute Gasteiger partial charge is 0.496 e.